The first kappa shape index (κ1) is 15.1. The minimum absolute atomic E-state index is 0.211. The molecule has 1 heterocycles. The van der Waals surface area contributed by atoms with E-state index in [0.29, 0.717) is 12.1 Å². The summed E-state index contributed by atoms with van der Waals surface area (Å²) >= 11 is 0. The van der Waals surface area contributed by atoms with Crippen molar-refractivity contribution in [2.24, 2.45) is 5.73 Å². The van der Waals surface area contributed by atoms with Gasteiger partial charge in [0.05, 0.1) is 12.8 Å². The summed E-state index contributed by atoms with van der Waals surface area (Å²) in [7, 11) is 1.33. The molecule has 5 nitrogen and oxygen atoms in total. The van der Waals surface area contributed by atoms with Crippen LogP contribution in [0.5, 0.6) is 5.75 Å². The Labute approximate surface area is 124 Å². The van der Waals surface area contributed by atoms with Crippen LogP contribution < -0.4 is 5.73 Å². The Balaban J connectivity index is 2.39. The van der Waals surface area contributed by atoms with Gasteiger partial charge < -0.3 is 20.1 Å². The molecule has 0 saturated carbocycles. The molecule has 0 fully saturated rings. The van der Waals surface area contributed by atoms with Crippen LogP contribution in [-0.4, -0.2) is 28.8 Å². The van der Waals surface area contributed by atoms with Gasteiger partial charge in [0.25, 0.3) is 0 Å². The summed E-state index contributed by atoms with van der Waals surface area (Å²) in [4.78, 5) is 11.4. The third-order valence-electron chi connectivity index (χ3n) is 3.60. The number of aryl methyl sites for hydroxylation is 1. The molecule has 2 aromatic rings. The van der Waals surface area contributed by atoms with E-state index < -0.39 is 12.0 Å². The Hall–Kier alpha value is -2.27. The van der Waals surface area contributed by atoms with Crippen molar-refractivity contribution in [1.29, 1.82) is 0 Å². The van der Waals surface area contributed by atoms with Gasteiger partial charge in [0.1, 0.15) is 11.8 Å². The first-order valence-corrected chi connectivity index (χ1v) is 6.75. The van der Waals surface area contributed by atoms with Crippen molar-refractivity contribution in [2.75, 3.05) is 7.11 Å². The van der Waals surface area contributed by atoms with Crippen molar-refractivity contribution in [3.63, 3.8) is 0 Å². The standard InChI is InChI=1S/C16H20N2O3/c1-10-8-12(9-13(17)16(20)21-3)11(2)18(10)14-6-4-5-7-15(14)19/h4-8,13,19H,9,17H2,1-3H3. The molecule has 1 unspecified atom stereocenters. The molecule has 0 aliphatic heterocycles. The Morgan fingerprint density at radius 2 is 2.05 bits per heavy atom. The van der Waals surface area contributed by atoms with E-state index in [1.54, 1.807) is 12.1 Å². The fourth-order valence-electron chi connectivity index (χ4n) is 2.53. The molecule has 3 N–H and O–H groups in total. The number of hydrogen-bond acceptors (Lipinski definition) is 4. The fraction of sp³-hybridized carbons (Fsp3) is 0.312. The number of nitrogens with zero attached hydrogens (tertiary/aromatic N) is 1. The molecular weight excluding hydrogens is 268 g/mol. The summed E-state index contributed by atoms with van der Waals surface area (Å²) in [5, 5.41) is 10.0. The topological polar surface area (TPSA) is 77.5 Å². The number of phenolic OH excluding ortho intramolecular Hbond substituents is 1. The van der Waals surface area contributed by atoms with Crippen molar-refractivity contribution in [1.82, 2.24) is 4.57 Å². The van der Waals surface area contributed by atoms with Crippen LogP contribution in [0.4, 0.5) is 0 Å². The number of hydrogen-bond donors (Lipinski definition) is 2. The van der Waals surface area contributed by atoms with Crippen molar-refractivity contribution >= 4 is 5.97 Å². The van der Waals surface area contributed by atoms with Crippen LogP contribution in [0.15, 0.2) is 30.3 Å². The van der Waals surface area contributed by atoms with Crippen LogP contribution in [0.25, 0.3) is 5.69 Å². The molecule has 0 amide bonds. The zero-order chi connectivity index (χ0) is 15.6. The molecular formula is C16H20N2O3. The van der Waals surface area contributed by atoms with E-state index >= 15 is 0 Å². The van der Waals surface area contributed by atoms with Crippen molar-refractivity contribution in [2.45, 2.75) is 26.3 Å². The van der Waals surface area contributed by atoms with E-state index in [4.69, 9.17) is 5.73 Å². The summed E-state index contributed by atoms with van der Waals surface area (Å²) in [5.41, 5.74) is 9.43. The zero-order valence-electron chi connectivity index (χ0n) is 12.5. The van der Waals surface area contributed by atoms with E-state index in [1.165, 1.54) is 7.11 Å². The van der Waals surface area contributed by atoms with Gasteiger partial charge in [0.2, 0.25) is 0 Å². The number of nitrogens with two attached hydrogens (primary N) is 1. The number of phenols is 1. The van der Waals surface area contributed by atoms with Crippen LogP contribution in [0, 0.1) is 13.8 Å². The lowest BCUT2D eigenvalue weighted by Crippen LogP contribution is -2.33. The van der Waals surface area contributed by atoms with E-state index in [2.05, 4.69) is 4.74 Å². The van der Waals surface area contributed by atoms with Gasteiger partial charge in [0, 0.05) is 17.8 Å². The molecule has 112 valence electrons. The van der Waals surface area contributed by atoms with Gasteiger partial charge in [-0.25, -0.2) is 0 Å². The molecule has 0 radical (unpaired) electrons. The number of esters is 1. The molecule has 1 aromatic heterocycles. The molecule has 0 bridgehead atoms. The highest BCUT2D eigenvalue weighted by atomic mass is 16.5. The second kappa shape index (κ2) is 6.01. The number of aromatic hydroxyl groups is 1. The SMILES string of the molecule is COC(=O)C(N)Cc1cc(C)n(-c2ccccc2O)c1C. The van der Waals surface area contributed by atoms with Crippen LogP contribution in [0.3, 0.4) is 0 Å². The molecule has 2 rings (SSSR count). The van der Waals surface area contributed by atoms with Crippen molar-refractivity contribution < 1.29 is 14.6 Å². The number of rotatable bonds is 4. The highest BCUT2D eigenvalue weighted by Crippen LogP contribution is 2.27. The number of carbonyl (C=O) groups excluding carboxylic acids is 1. The fourth-order valence-corrected chi connectivity index (χ4v) is 2.53. The number of para-hydroxylation sites is 2. The van der Waals surface area contributed by atoms with Crippen molar-refractivity contribution in [3.05, 3.63) is 47.3 Å². The van der Waals surface area contributed by atoms with Crippen LogP contribution in [-0.2, 0) is 16.0 Å². The minimum atomic E-state index is -0.687. The van der Waals surface area contributed by atoms with Crippen LogP contribution in [0.2, 0.25) is 0 Å². The predicted octanol–water partition coefficient (Wildman–Crippen LogP) is 1.84. The smallest absolute Gasteiger partial charge is 0.322 e. The van der Waals surface area contributed by atoms with E-state index in [-0.39, 0.29) is 5.75 Å². The van der Waals surface area contributed by atoms with E-state index in [9.17, 15) is 9.90 Å². The maximum Gasteiger partial charge on any atom is 0.322 e. The molecule has 21 heavy (non-hydrogen) atoms. The zero-order valence-corrected chi connectivity index (χ0v) is 12.5. The molecule has 0 saturated heterocycles. The summed E-state index contributed by atoms with van der Waals surface area (Å²) in [6, 6.07) is 8.43. The van der Waals surface area contributed by atoms with E-state index in [0.717, 1.165) is 17.0 Å². The maximum atomic E-state index is 11.4. The lowest BCUT2D eigenvalue weighted by Gasteiger charge is -2.12. The summed E-state index contributed by atoms with van der Waals surface area (Å²) in [6.07, 6.45) is 0.403. The first-order chi connectivity index (χ1) is 9.95. The van der Waals surface area contributed by atoms with Crippen LogP contribution >= 0.6 is 0 Å². The van der Waals surface area contributed by atoms with E-state index in [1.807, 2.05) is 36.6 Å². The Morgan fingerprint density at radius 3 is 2.67 bits per heavy atom. The van der Waals surface area contributed by atoms with Gasteiger partial charge in [-0.2, -0.15) is 0 Å². The highest BCUT2D eigenvalue weighted by Gasteiger charge is 2.19. The maximum absolute atomic E-state index is 11.4. The molecule has 1 atom stereocenters. The molecule has 0 spiro atoms. The van der Waals surface area contributed by atoms with Crippen LogP contribution in [0.1, 0.15) is 17.0 Å². The average Bonchev–Trinajstić information content (AvgIpc) is 2.73. The summed E-state index contributed by atoms with van der Waals surface area (Å²) < 4.78 is 6.61. The first-order valence-electron chi connectivity index (χ1n) is 6.75. The monoisotopic (exact) mass is 288 g/mol. The molecule has 0 aliphatic carbocycles. The van der Waals surface area contributed by atoms with Gasteiger partial charge >= 0.3 is 5.97 Å². The third kappa shape index (κ3) is 2.92. The van der Waals surface area contributed by atoms with Gasteiger partial charge in [-0.05, 0) is 37.6 Å². The number of methoxy groups -OCH3 is 1. The lowest BCUT2D eigenvalue weighted by molar-refractivity contribution is -0.142. The summed E-state index contributed by atoms with van der Waals surface area (Å²) in [5.74, 6) is -0.217. The van der Waals surface area contributed by atoms with Gasteiger partial charge in [-0.3, -0.25) is 4.79 Å². The van der Waals surface area contributed by atoms with Gasteiger partial charge in [-0.15, -0.1) is 0 Å². The number of benzene rings is 1. The normalized spacial score (nSPS) is 12.2. The second-order valence-electron chi connectivity index (χ2n) is 5.05. The lowest BCUT2D eigenvalue weighted by atomic mass is 10.1. The molecule has 5 heteroatoms. The Kier molecular flexibility index (Phi) is 4.33. The number of carbonyl (C=O) groups is 1. The number of aromatic nitrogens is 1. The van der Waals surface area contributed by atoms with Crippen molar-refractivity contribution in [3.8, 4) is 11.4 Å². The Morgan fingerprint density at radius 1 is 1.38 bits per heavy atom. The molecule has 1 aromatic carbocycles. The summed E-state index contributed by atoms with van der Waals surface area (Å²) in [6.45, 7) is 3.89. The largest absolute Gasteiger partial charge is 0.506 e. The Bertz CT molecular complexity index is 662. The minimum Gasteiger partial charge on any atom is -0.506 e. The predicted molar refractivity (Wildman–Crippen MR) is 80.6 cm³/mol. The number of ether oxygens (including phenoxy) is 1. The third-order valence-corrected chi connectivity index (χ3v) is 3.60. The quantitative estimate of drug-likeness (QED) is 0.842. The van der Waals surface area contributed by atoms with Gasteiger partial charge in [-0.1, -0.05) is 12.1 Å². The second-order valence-corrected chi connectivity index (χ2v) is 5.05. The average molecular weight is 288 g/mol. The van der Waals surface area contributed by atoms with Gasteiger partial charge in [0.15, 0.2) is 0 Å². The molecule has 0 aliphatic rings. The highest BCUT2D eigenvalue weighted by molar-refractivity contribution is 5.75.